The smallest absolute Gasteiger partial charge is 0.303 e. The Morgan fingerprint density at radius 2 is 1.87 bits per heavy atom. The monoisotopic (exact) mass is 429 g/mol. The number of rotatable bonds is 15. The van der Waals surface area contributed by atoms with Crippen molar-refractivity contribution in [1.29, 1.82) is 0 Å². The summed E-state index contributed by atoms with van der Waals surface area (Å²) < 4.78 is 0. The number of carboxylic acids is 1. The molecule has 0 spiro atoms. The van der Waals surface area contributed by atoms with Gasteiger partial charge in [-0.2, -0.15) is 0 Å². The molecule has 172 valence electrons. The third kappa shape index (κ3) is 9.69. The summed E-state index contributed by atoms with van der Waals surface area (Å²) in [6.07, 6.45) is 12.7. The molecular formula is C26H39NO4. The Balaban J connectivity index is 1.66. The quantitative estimate of drug-likeness (QED) is 0.304. The van der Waals surface area contributed by atoms with Crippen LogP contribution in [0.15, 0.2) is 42.5 Å². The molecule has 2 rings (SSSR count). The molecule has 0 aliphatic carbocycles. The zero-order valence-electron chi connectivity index (χ0n) is 18.9. The van der Waals surface area contributed by atoms with Gasteiger partial charge in [-0.3, -0.25) is 9.59 Å². The van der Waals surface area contributed by atoms with E-state index in [4.69, 9.17) is 5.11 Å². The lowest BCUT2D eigenvalue weighted by molar-refractivity contribution is -0.137. The molecule has 0 bridgehead atoms. The Labute approximate surface area is 187 Å². The number of amides is 1. The molecule has 3 atom stereocenters. The van der Waals surface area contributed by atoms with Crippen molar-refractivity contribution in [2.45, 2.75) is 89.7 Å². The molecule has 1 fully saturated rings. The highest BCUT2D eigenvalue weighted by molar-refractivity contribution is 5.79. The molecule has 2 N–H and O–H groups in total. The van der Waals surface area contributed by atoms with Crippen molar-refractivity contribution in [2.24, 2.45) is 5.92 Å². The molecule has 1 aliphatic rings. The van der Waals surface area contributed by atoms with Crippen molar-refractivity contribution in [3.63, 3.8) is 0 Å². The fourth-order valence-electron chi connectivity index (χ4n) is 4.20. The number of carboxylic acid groups (broad SMARTS) is 1. The highest BCUT2D eigenvalue weighted by Gasteiger charge is 2.28. The minimum atomic E-state index is -0.746. The Hall–Kier alpha value is -2.14. The van der Waals surface area contributed by atoms with Gasteiger partial charge in [-0.05, 0) is 50.0 Å². The first-order valence-electron chi connectivity index (χ1n) is 11.9. The maximum Gasteiger partial charge on any atom is 0.303 e. The molecule has 31 heavy (non-hydrogen) atoms. The second kappa shape index (κ2) is 14.0. The van der Waals surface area contributed by atoms with E-state index in [9.17, 15) is 14.7 Å². The van der Waals surface area contributed by atoms with Gasteiger partial charge in [0.15, 0.2) is 0 Å². The van der Waals surface area contributed by atoms with E-state index in [-0.39, 0.29) is 24.3 Å². The number of unbranched alkanes of at least 4 members (excludes halogenated alkanes) is 4. The van der Waals surface area contributed by atoms with Gasteiger partial charge in [-0.25, -0.2) is 0 Å². The maximum absolute atomic E-state index is 12.2. The minimum absolute atomic E-state index is 0.0754. The van der Waals surface area contributed by atoms with Crippen LogP contribution in [-0.4, -0.2) is 45.7 Å². The molecule has 0 aromatic heterocycles. The Morgan fingerprint density at radius 1 is 1.13 bits per heavy atom. The molecular weight excluding hydrogens is 390 g/mol. The highest BCUT2D eigenvalue weighted by atomic mass is 16.4. The number of benzene rings is 1. The molecule has 1 heterocycles. The lowest BCUT2D eigenvalue weighted by Gasteiger charge is -2.23. The lowest BCUT2D eigenvalue weighted by atomic mass is 9.95. The Kier molecular flexibility index (Phi) is 11.4. The first-order chi connectivity index (χ1) is 15.0. The summed E-state index contributed by atoms with van der Waals surface area (Å²) in [5.41, 5.74) is 1.36. The zero-order valence-corrected chi connectivity index (χ0v) is 18.9. The van der Waals surface area contributed by atoms with Gasteiger partial charge < -0.3 is 15.1 Å². The molecule has 1 aromatic carbocycles. The molecule has 5 nitrogen and oxygen atoms in total. The second-order valence-electron chi connectivity index (χ2n) is 8.84. The summed E-state index contributed by atoms with van der Waals surface area (Å²) in [7, 11) is 0. The van der Waals surface area contributed by atoms with Crippen LogP contribution < -0.4 is 0 Å². The Morgan fingerprint density at radius 3 is 2.61 bits per heavy atom. The number of carbonyl (C=O) groups excluding carboxylic acids is 1. The zero-order chi connectivity index (χ0) is 22.5. The van der Waals surface area contributed by atoms with E-state index < -0.39 is 12.1 Å². The van der Waals surface area contributed by atoms with Gasteiger partial charge in [0.25, 0.3) is 0 Å². The summed E-state index contributed by atoms with van der Waals surface area (Å²) in [6, 6.07) is 10.6. The number of aliphatic hydroxyl groups excluding tert-OH is 1. The first-order valence-corrected chi connectivity index (χ1v) is 11.9. The van der Waals surface area contributed by atoms with E-state index in [1.165, 1.54) is 5.56 Å². The van der Waals surface area contributed by atoms with Crippen LogP contribution in [0.4, 0.5) is 0 Å². The largest absolute Gasteiger partial charge is 0.481 e. The van der Waals surface area contributed by atoms with Gasteiger partial charge in [0.05, 0.1) is 12.1 Å². The second-order valence-corrected chi connectivity index (χ2v) is 8.84. The minimum Gasteiger partial charge on any atom is -0.481 e. The van der Waals surface area contributed by atoms with Crippen LogP contribution in [0.3, 0.4) is 0 Å². The van der Waals surface area contributed by atoms with Crippen molar-refractivity contribution >= 4 is 11.9 Å². The number of nitrogens with zero attached hydrogens (tertiary/aromatic N) is 1. The fraction of sp³-hybridized carbons (Fsp3) is 0.615. The number of aliphatic hydroxyl groups is 1. The summed E-state index contributed by atoms with van der Waals surface area (Å²) in [5, 5.41) is 19.2. The van der Waals surface area contributed by atoms with Crippen LogP contribution in [0.5, 0.6) is 0 Å². The summed E-state index contributed by atoms with van der Waals surface area (Å²) in [4.78, 5) is 24.7. The average molecular weight is 430 g/mol. The van der Waals surface area contributed by atoms with Crippen LogP contribution in [0, 0.1) is 5.92 Å². The van der Waals surface area contributed by atoms with Gasteiger partial charge in [0.2, 0.25) is 5.91 Å². The van der Waals surface area contributed by atoms with Gasteiger partial charge in [0.1, 0.15) is 0 Å². The first kappa shape index (κ1) is 25.1. The average Bonchev–Trinajstić information content (AvgIpc) is 3.11. The van der Waals surface area contributed by atoms with Gasteiger partial charge in [-0.15, -0.1) is 0 Å². The number of aliphatic carboxylic acids is 1. The van der Waals surface area contributed by atoms with E-state index in [2.05, 4.69) is 31.2 Å². The third-order valence-corrected chi connectivity index (χ3v) is 6.25. The van der Waals surface area contributed by atoms with Gasteiger partial charge in [-0.1, -0.05) is 68.7 Å². The van der Waals surface area contributed by atoms with Crippen molar-refractivity contribution in [2.75, 3.05) is 6.54 Å². The third-order valence-electron chi connectivity index (χ3n) is 6.25. The number of carbonyl (C=O) groups is 2. The van der Waals surface area contributed by atoms with E-state index in [1.54, 1.807) is 0 Å². The van der Waals surface area contributed by atoms with Crippen LogP contribution >= 0.6 is 0 Å². The van der Waals surface area contributed by atoms with Crippen LogP contribution in [0.1, 0.15) is 76.7 Å². The van der Waals surface area contributed by atoms with Gasteiger partial charge >= 0.3 is 5.97 Å². The molecule has 1 saturated heterocycles. The van der Waals surface area contributed by atoms with Crippen LogP contribution in [-0.2, 0) is 16.0 Å². The SMILES string of the molecule is C[C@H](CCCCc1ccccc1)[C@H](O)/C=C/[C@H]1CCC(=O)N1CCCCCCC(=O)O. The molecule has 0 radical (unpaired) electrons. The molecule has 1 amide bonds. The van der Waals surface area contributed by atoms with Gasteiger partial charge in [0, 0.05) is 19.4 Å². The molecule has 0 unspecified atom stereocenters. The summed E-state index contributed by atoms with van der Waals surface area (Å²) >= 11 is 0. The number of likely N-dealkylation sites (tertiary alicyclic amines) is 1. The topological polar surface area (TPSA) is 77.8 Å². The van der Waals surface area contributed by atoms with Crippen molar-refractivity contribution in [3.05, 3.63) is 48.0 Å². The highest BCUT2D eigenvalue weighted by Crippen LogP contribution is 2.22. The molecule has 1 aliphatic heterocycles. The maximum atomic E-state index is 12.2. The Bertz CT molecular complexity index is 688. The molecule has 0 saturated carbocycles. The lowest BCUT2D eigenvalue weighted by Crippen LogP contribution is -2.33. The van der Waals surface area contributed by atoms with E-state index >= 15 is 0 Å². The van der Waals surface area contributed by atoms with Crippen molar-refractivity contribution < 1.29 is 19.8 Å². The van der Waals surface area contributed by atoms with Crippen molar-refractivity contribution in [1.82, 2.24) is 4.90 Å². The normalized spacial score (nSPS) is 18.6. The molecule has 1 aromatic rings. The number of aryl methyl sites for hydroxylation is 1. The summed E-state index contributed by atoms with van der Waals surface area (Å²) in [5.74, 6) is -0.362. The fourth-order valence-corrected chi connectivity index (χ4v) is 4.20. The van der Waals surface area contributed by atoms with E-state index in [1.807, 2.05) is 23.1 Å². The van der Waals surface area contributed by atoms with Crippen molar-refractivity contribution in [3.8, 4) is 0 Å². The van der Waals surface area contributed by atoms with Crippen LogP contribution in [0.25, 0.3) is 0 Å². The van der Waals surface area contributed by atoms with E-state index in [0.29, 0.717) is 19.4 Å². The molecule has 5 heteroatoms. The standard InChI is InChI=1S/C26H39NO4/c1-21(11-8-9-14-22-12-5-4-6-13-22)24(28)18-16-23-17-19-25(29)27(23)20-10-3-2-7-15-26(30)31/h4-6,12-13,16,18,21,23-24,28H,2-3,7-11,14-15,17,19-20H2,1H3,(H,30,31)/b18-16+/t21-,23+,24-/m1/s1. The predicted molar refractivity (Wildman–Crippen MR) is 124 cm³/mol. The van der Waals surface area contributed by atoms with Crippen LogP contribution in [0.2, 0.25) is 0 Å². The number of hydrogen-bond donors (Lipinski definition) is 2. The predicted octanol–water partition coefficient (Wildman–Crippen LogP) is 4.98. The number of hydrogen-bond acceptors (Lipinski definition) is 3. The summed E-state index contributed by atoms with van der Waals surface area (Å²) in [6.45, 7) is 2.80. The van der Waals surface area contributed by atoms with E-state index in [0.717, 1.165) is 51.4 Å².